The average Bonchev–Trinajstić information content (AvgIpc) is 2.84. The largest absolute Gasteiger partial charge is 0.462 e. The van der Waals surface area contributed by atoms with E-state index in [1.807, 2.05) is 0 Å². The van der Waals surface area contributed by atoms with Crippen molar-refractivity contribution < 1.29 is 9.53 Å². The van der Waals surface area contributed by atoms with Crippen LogP contribution in [0.5, 0.6) is 0 Å². The monoisotopic (exact) mass is 302 g/mol. The molecule has 0 amide bonds. The molecule has 0 saturated heterocycles. The number of carbonyl (C=O) groups is 1. The number of thioether (sulfide) groups is 1. The van der Waals surface area contributed by atoms with Crippen LogP contribution in [0.15, 0.2) is 29.3 Å². The van der Waals surface area contributed by atoms with Crippen LogP contribution in [0.25, 0.3) is 5.69 Å². The van der Waals surface area contributed by atoms with E-state index < -0.39 is 5.97 Å². The smallest absolute Gasteiger partial charge is 0.344 e. The number of esters is 1. The summed E-state index contributed by atoms with van der Waals surface area (Å²) in [4.78, 5) is 12.0. The Kier molecular flexibility index (Phi) is 4.50. The Balaban J connectivity index is 2.55. The molecule has 6 nitrogen and oxygen atoms in total. The maximum atomic E-state index is 12.0. The van der Waals surface area contributed by atoms with Crippen LogP contribution in [0.3, 0.4) is 0 Å². The van der Waals surface area contributed by atoms with Gasteiger partial charge in [-0.1, -0.05) is 6.07 Å². The number of rotatable bonds is 4. The molecule has 0 radical (unpaired) electrons. The first-order valence-corrected chi connectivity index (χ1v) is 7.45. The van der Waals surface area contributed by atoms with Gasteiger partial charge < -0.3 is 10.5 Å². The van der Waals surface area contributed by atoms with Crippen molar-refractivity contribution in [1.82, 2.24) is 9.78 Å². The van der Waals surface area contributed by atoms with Crippen LogP contribution >= 0.6 is 11.8 Å². The average molecular weight is 302 g/mol. The zero-order valence-electron chi connectivity index (χ0n) is 11.7. The molecule has 2 aromatic rings. The van der Waals surface area contributed by atoms with Gasteiger partial charge in [0, 0.05) is 0 Å². The van der Waals surface area contributed by atoms with Crippen LogP contribution in [0, 0.1) is 11.3 Å². The van der Waals surface area contributed by atoms with E-state index in [1.54, 1.807) is 37.4 Å². The molecule has 0 saturated carbocycles. The number of nitrogens with zero attached hydrogens (tertiary/aromatic N) is 3. The minimum absolute atomic E-state index is 0.202. The second-order valence-electron chi connectivity index (χ2n) is 4.06. The third-order valence-corrected chi connectivity index (χ3v) is 3.45. The van der Waals surface area contributed by atoms with Crippen LogP contribution in [-0.2, 0) is 4.74 Å². The normalized spacial score (nSPS) is 10.1. The Bertz CT molecular complexity index is 718. The highest BCUT2D eigenvalue weighted by atomic mass is 32.2. The van der Waals surface area contributed by atoms with Crippen LogP contribution in [0.2, 0.25) is 0 Å². The number of benzene rings is 1. The molecule has 0 aliphatic carbocycles. The highest BCUT2D eigenvalue weighted by molar-refractivity contribution is 7.98. The van der Waals surface area contributed by atoms with E-state index in [0.717, 1.165) is 0 Å². The zero-order valence-corrected chi connectivity index (χ0v) is 12.5. The molecular formula is C14H14N4O2S. The van der Waals surface area contributed by atoms with Crippen molar-refractivity contribution in [1.29, 1.82) is 5.26 Å². The number of aromatic nitrogens is 2. The van der Waals surface area contributed by atoms with E-state index in [9.17, 15) is 4.79 Å². The first kappa shape index (κ1) is 14.9. The first-order chi connectivity index (χ1) is 10.1. The van der Waals surface area contributed by atoms with E-state index in [4.69, 9.17) is 15.7 Å². The third kappa shape index (κ3) is 2.85. The summed E-state index contributed by atoms with van der Waals surface area (Å²) in [5, 5.41) is 13.8. The second kappa shape index (κ2) is 6.33. The van der Waals surface area contributed by atoms with Gasteiger partial charge >= 0.3 is 5.97 Å². The Morgan fingerprint density at radius 1 is 1.57 bits per heavy atom. The van der Waals surface area contributed by atoms with Crippen molar-refractivity contribution in [3.05, 3.63) is 35.4 Å². The van der Waals surface area contributed by atoms with Crippen molar-refractivity contribution in [3.63, 3.8) is 0 Å². The van der Waals surface area contributed by atoms with Crippen molar-refractivity contribution >= 4 is 23.5 Å². The minimum atomic E-state index is -0.498. The third-order valence-electron chi connectivity index (χ3n) is 2.78. The lowest BCUT2D eigenvalue weighted by molar-refractivity contribution is 0.0523. The summed E-state index contributed by atoms with van der Waals surface area (Å²) >= 11 is 1.31. The van der Waals surface area contributed by atoms with Crippen molar-refractivity contribution in [2.24, 2.45) is 0 Å². The summed E-state index contributed by atoms with van der Waals surface area (Å²) in [5.74, 6) is -0.296. The number of hydrogen-bond donors (Lipinski definition) is 1. The zero-order chi connectivity index (χ0) is 15.4. The standard InChI is InChI=1S/C14H14N4O2S/c1-3-20-14(19)11-12(16)18(17-13(11)21-2)10-6-4-5-9(7-10)8-15/h4-7H,3,16H2,1-2H3. The lowest BCUT2D eigenvalue weighted by Gasteiger charge is -2.05. The summed E-state index contributed by atoms with van der Waals surface area (Å²) in [6.07, 6.45) is 1.81. The van der Waals surface area contributed by atoms with E-state index in [1.165, 1.54) is 16.4 Å². The second-order valence-corrected chi connectivity index (χ2v) is 4.86. The van der Waals surface area contributed by atoms with Crippen LogP contribution in [-0.4, -0.2) is 28.6 Å². The van der Waals surface area contributed by atoms with Crippen molar-refractivity contribution in [2.75, 3.05) is 18.6 Å². The van der Waals surface area contributed by atoms with E-state index in [2.05, 4.69) is 11.2 Å². The Hall–Kier alpha value is -2.46. The predicted octanol–water partition coefficient (Wildman–Crippen LogP) is 2.22. The number of anilines is 1. The van der Waals surface area contributed by atoms with Gasteiger partial charge in [0.1, 0.15) is 16.4 Å². The highest BCUT2D eigenvalue weighted by Crippen LogP contribution is 2.28. The van der Waals surface area contributed by atoms with Crippen LogP contribution < -0.4 is 5.73 Å². The Morgan fingerprint density at radius 2 is 2.33 bits per heavy atom. The van der Waals surface area contributed by atoms with Gasteiger partial charge in [0.2, 0.25) is 0 Å². The molecule has 0 atom stereocenters. The molecule has 1 heterocycles. The molecule has 1 aromatic carbocycles. The molecule has 21 heavy (non-hydrogen) atoms. The van der Waals surface area contributed by atoms with Gasteiger partial charge in [-0.2, -0.15) is 10.4 Å². The van der Waals surface area contributed by atoms with Crippen LogP contribution in [0.1, 0.15) is 22.8 Å². The van der Waals surface area contributed by atoms with Crippen molar-refractivity contribution in [3.8, 4) is 11.8 Å². The summed E-state index contributed by atoms with van der Waals surface area (Å²) in [5.41, 5.74) is 7.41. The fourth-order valence-corrected chi connectivity index (χ4v) is 2.41. The fourth-order valence-electron chi connectivity index (χ4n) is 1.85. The number of nitrogen functional groups attached to an aromatic ring is 1. The summed E-state index contributed by atoms with van der Waals surface area (Å²) in [7, 11) is 0. The molecule has 0 bridgehead atoms. The maximum Gasteiger partial charge on any atom is 0.344 e. The van der Waals surface area contributed by atoms with Gasteiger partial charge in [-0.15, -0.1) is 11.8 Å². The molecule has 2 N–H and O–H groups in total. The quantitative estimate of drug-likeness (QED) is 0.687. The molecule has 0 aliphatic rings. The number of nitriles is 1. The van der Waals surface area contributed by atoms with Gasteiger partial charge in [-0.05, 0) is 31.4 Å². The number of hydrogen-bond acceptors (Lipinski definition) is 6. The van der Waals surface area contributed by atoms with E-state index >= 15 is 0 Å². The molecule has 0 aliphatic heterocycles. The van der Waals surface area contributed by atoms with Gasteiger partial charge in [0.05, 0.1) is 23.9 Å². The lowest BCUT2D eigenvalue weighted by atomic mass is 10.2. The first-order valence-electron chi connectivity index (χ1n) is 6.22. The number of carbonyl (C=O) groups excluding carboxylic acids is 1. The number of nitrogens with two attached hydrogens (primary N) is 1. The molecule has 7 heteroatoms. The molecule has 0 unspecified atom stereocenters. The Labute approximate surface area is 126 Å². The molecule has 108 valence electrons. The van der Waals surface area contributed by atoms with Gasteiger partial charge in [-0.3, -0.25) is 0 Å². The molecule has 0 fully saturated rings. The summed E-state index contributed by atoms with van der Waals surface area (Å²) in [6, 6.07) is 8.90. The SMILES string of the molecule is CCOC(=O)c1c(SC)nn(-c2cccc(C#N)c2)c1N. The topological polar surface area (TPSA) is 93.9 Å². The van der Waals surface area contributed by atoms with Gasteiger partial charge in [0.15, 0.2) is 0 Å². The van der Waals surface area contributed by atoms with Gasteiger partial charge in [-0.25, -0.2) is 9.48 Å². The van der Waals surface area contributed by atoms with E-state index in [0.29, 0.717) is 16.3 Å². The van der Waals surface area contributed by atoms with Crippen LogP contribution in [0.4, 0.5) is 5.82 Å². The van der Waals surface area contributed by atoms with Gasteiger partial charge in [0.25, 0.3) is 0 Å². The Morgan fingerprint density at radius 3 is 2.95 bits per heavy atom. The van der Waals surface area contributed by atoms with Crippen molar-refractivity contribution in [2.45, 2.75) is 11.9 Å². The lowest BCUT2D eigenvalue weighted by Crippen LogP contribution is -2.09. The fraction of sp³-hybridized carbons (Fsp3) is 0.214. The summed E-state index contributed by atoms with van der Waals surface area (Å²) in [6.45, 7) is 1.99. The molecule has 2 rings (SSSR count). The summed E-state index contributed by atoms with van der Waals surface area (Å²) < 4.78 is 6.45. The number of ether oxygens (including phenoxy) is 1. The maximum absolute atomic E-state index is 12.0. The predicted molar refractivity (Wildman–Crippen MR) is 80.4 cm³/mol. The van der Waals surface area contributed by atoms with E-state index in [-0.39, 0.29) is 18.0 Å². The molecule has 0 spiro atoms. The molecule has 1 aromatic heterocycles. The molecular weight excluding hydrogens is 288 g/mol. The minimum Gasteiger partial charge on any atom is -0.462 e. The highest BCUT2D eigenvalue weighted by Gasteiger charge is 2.23.